The lowest BCUT2D eigenvalue weighted by atomic mass is 9.75. The molecule has 6 rings (SSSR count). The number of hydrogen-bond donors (Lipinski definition) is 3. The predicted octanol–water partition coefficient (Wildman–Crippen LogP) is 4.21. The van der Waals surface area contributed by atoms with Gasteiger partial charge in [-0.15, -0.1) is 0 Å². The van der Waals surface area contributed by atoms with E-state index in [0.717, 1.165) is 50.8 Å². The molecule has 3 heterocycles. The van der Waals surface area contributed by atoms with Crippen molar-refractivity contribution in [3.63, 3.8) is 0 Å². The molecule has 2 aromatic rings. The number of hydrogen-bond acceptors (Lipinski definition) is 4. The van der Waals surface area contributed by atoms with E-state index in [9.17, 15) is 9.59 Å². The number of rotatable bonds is 4. The SMILES string of the molecule is O=C(N[C@@H]1CCCC[C@@H]1C(=O)N1CC[C@@H]2[C@H](C3C=CC=CC3)Nc3ccccc3[C@@H]21)c1ncc[nH]1. The summed E-state index contributed by atoms with van der Waals surface area (Å²) in [6.07, 6.45) is 17.7. The number of allylic oxidation sites excluding steroid dienone is 3. The van der Waals surface area contributed by atoms with Crippen LogP contribution >= 0.6 is 0 Å². The summed E-state index contributed by atoms with van der Waals surface area (Å²) < 4.78 is 0. The summed E-state index contributed by atoms with van der Waals surface area (Å²) in [5, 5.41) is 6.96. The van der Waals surface area contributed by atoms with Crippen LogP contribution < -0.4 is 10.6 Å². The second-order valence-electron chi connectivity index (χ2n) is 10.3. The summed E-state index contributed by atoms with van der Waals surface area (Å²) in [5.41, 5.74) is 2.37. The van der Waals surface area contributed by atoms with E-state index in [1.807, 2.05) is 0 Å². The molecular formula is C28H33N5O2. The van der Waals surface area contributed by atoms with Gasteiger partial charge in [-0.3, -0.25) is 9.59 Å². The van der Waals surface area contributed by atoms with Gasteiger partial charge in [0.15, 0.2) is 5.82 Å². The van der Waals surface area contributed by atoms with Crippen molar-refractivity contribution in [1.29, 1.82) is 0 Å². The largest absolute Gasteiger partial charge is 0.381 e. The van der Waals surface area contributed by atoms with Crippen LogP contribution in [0.1, 0.15) is 60.7 Å². The van der Waals surface area contributed by atoms with Gasteiger partial charge >= 0.3 is 0 Å². The number of nitrogens with one attached hydrogen (secondary N) is 3. The van der Waals surface area contributed by atoms with E-state index in [2.05, 4.69) is 74.1 Å². The molecule has 1 aromatic carbocycles. The van der Waals surface area contributed by atoms with Gasteiger partial charge < -0.3 is 20.5 Å². The summed E-state index contributed by atoms with van der Waals surface area (Å²) in [4.78, 5) is 36.0. The first-order chi connectivity index (χ1) is 17.2. The van der Waals surface area contributed by atoms with Gasteiger partial charge in [0.05, 0.1) is 12.0 Å². The highest BCUT2D eigenvalue weighted by molar-refractivity contribution is 5.91. The number of carbonyl (C=O) groups excluding carboxylic acids is 2. The number of nitrogens with zero attached hydrogens (tertiary/aromatic N) is 2. The Labute approximate surface area is 206 Å². The highest BCUT2D eigenvalue weighted by Crippen LogP contribution is 2.49. The fourth-order valence-electron chi connectivity index (χ4n) is 6.74. The number of benzene rings is 1. The Morgan fingerprint density at radius 3 is 2.80 bits per heavy atom. The molecule has 7 nitrogen and oxygen atoms in total. The van der Waals surface area contributed by atoms with Crippen molar-refractivity contribution in [3.8, 4) is 0 Å². The minimum Gasteiger partial charge on any atom is -0.381 e. The number of para-hydroxylation sites is 1. The van der Waals surface area contributed by atoms with Crippen LogP contribution in [-0.4, -0.2) is 45.3 Å². The van der Waals surface area contributed by atoms with Crippen LogP contribution in [0.5, 0.6) is 0 Å². The standard InChI is InChI=1S/C28H33N5O2/c34-27(26-29-15-16-30-26)32-23-13-7-5-11-20(23)28(35)33-17-14-21-24(18-8-2-1-3-9-18)31-22-12-6-4-10-19(22)25(21)33/h1-4,6,8,10,12,15-16,18,20-21,23-25,31H,5,7,9,11,13-14,17H2,(H,29,30)(H,32,34)/t18?,20-,21+,23+,24-,25-/m0/s1. The molecular weight excluding hydrogens is 438 g/mol. The van der Waals surface area contributed by atoms with E-state index in [1.165, 1.54) is 5.56 Å². The lowest BCUT2D eigenvalue weighted by Crippen LogP contribution is -2.51. The summed E-state index contributed by atoms with van der Waals surface area (Å²) in [7, 11) is 0. The van der Waals surface area contributed by atoms with Gasteiger partial charge in [-0.05, 0) is 37.3 Å². The topological polar surface area (TPSA) is 90.1 Å². The lowest BCUT2D eigenvalue weighted by molar-refractivity contribution is -0.139. The average molecular weight is 472 g/mol. The zero-order valence-corrected chi connectivity index (χ0v) is 19.9. The Bertz CT molecular complexity index is 1140. The maximum absolute atomic E-state index is 14.1. The summed E-state index contributed by atoms with van der Waals surface area (Å²) in [6, 6.07) is 8.69. The number of aromatic nitrogens is 2. The number of fused-ring (bicyclic) bond motifs is 3. The highest BCUT2D eigenvalue weighted by atomic mass is 16.2. The third-order valence-electron chi connectivity index (χ3n) is 8.38. The number of likely N-dealkylation sites (tertiary alicyclic amines) is 1. The molecule has 2 fully saturated rings. The van der Waals surface area contributed by atoms with Gasteiger partial charge in [-0.2, -0.15) is 0 Å². The molecule has 4 aliphatic rings. The second kappa shape index (κ2) is 9.36. The summed E-state index contributed by atoms with van der Waals surface area (Å²) in [5.74, 6) is 0.854. The number of H-pyrrole nitrogens is 1. The van der Waals surface area contributed by atoms with Crippen LogP contribution in [0.25, 0.3) is 0 Å². The van der Waals surface area contributed by atoms with Crippen LogP contribution in [0.3, 0.4) is 0 Å². The third-order valence-corrected chi connectivity index (χ3v) is 8.38. The maximum Gasteiger partial charge on any atom is 0.287 e. The highest BCUT2D eigenvalue weighted by Gasteiger charge is 2.49. The first kappa shape index (κ1) is 22.1. The van der Waals surface area contributed by atoms with Crippen molar-refractivity contribution in [2.45, 2.75) is 56.7 Å². The van der Waals surface area contributed by atoms with Gasteiger partial charge in [0, 0.05) is 48.5 Å². The quantitative estimate of drug-likeness (QED) is 0.623. The number of aromatic amines is 1. The Morgan fingerprint density at radius 2 is 1.97 bits per heavy atom. The Morgan fingerprint density at radius 1 is 1.09 bits per heavy atom. The minimum atomic E-state index is -0.233. The molecule has 2 aliphatic heterocycles. The molecule has 6 atom stereocenters. The van der Waals surface area contributed by atoms with E-state index in [4.69, 9.17) is 0 Å². The van der Waals surface area contributed by atoms with E-state index in [-0.39, 0.29) is 29.8 Å². The molecule has 1 aromatic heterocycles. The first-order valence-corrected chi connectivity index (χ1v) is 13.0. The van der Waals surface area contributed by atoms with Gasteiger partial charge in [0.25, 0.3) is 5.91 Å². The number of anilines is 1. The molecule has 1 saturated heterocycles. The summed E-state index contributed by atoms with van der Waals surface area (Å²) >= 11 is 0. The monoisotopic (exact) mass is 471 g/mol. The van der Waals surface area contributed by atoms with E-state index in [0.29, 0.717) is 23.7 Å². The maximum atomic E-state index is 14.1. The predicted molar refractivity (Wildman–Crippen MR) is 135 cm³/mol. The number of carbonyl (C=O) groups is 2. The zero-order valence-electron chi connectivity index (χ0n) is 19.9. The normalized spacial score (nSPS) is 31.4. The van der Waals surface area contributed by atoms with Gasteiger partial charge in [-0.1, -0.05) is 55.3 Å². The Kier molecular flexibility index (Phi) is 5.92. The molecule has 1 unspecified atom stereocenters. The van der Waals surface area contributed by atoms with Gasteiger partial charge in [0.2, 0.25) is 5.91 Å². The van der Waals surface area contributed by atoms with E-state index >= 15 is 0 Å². The molecule has 0 radical (unpaired) electrons. The fraction of sp³-hybridized carbons (Fsp3) is 0.464. The smallest absolute Gasteiger partial charge is 0.287 e. The number of imidazole rings is 1. The molecule has 182 valence electrons. The van der Waals surface area contributed by atoms with Crippen molar-refractivity contribution in [2.24, 2.45) is 17.8 Å². The van der Waals surface area contributed by atoms with Crippen molar-refractivity contribution < 1.29 is 9.59 Å². The average Bonchev–Trinajstić information content (AvgIpc) is 3.60. The van der Waals surface area contributed by atoms with Gasteiger partial charge in [0.1, 0.15) is 0 Å². The van der Waals surface area contributed by atoms with Gasteiger partial charge in [-0.25, -0.2) is 4.98 Å². The Hall–Kier alpha value is -3.35. The van der Waals surface area contributed by atoms with Crippen molar-refractivity contribution in [1.82, 2.24) is 20.2 Å². The van der Waals surface area contributed by atoms with Crippen LogP contribution in [0.4, 0.5) is 5.69 Å². The second-order valence-corrected chi connectivity index (χ2v) is 10.3. The van der Waals surface area contributed by atoms with Crippen LogP contribution in [0, 0.1) is 17.8 Å². The molecule has 0 spiro atoms. The van der Waals surface area contributed by atoms with E-state index in [1.54, 1.807) is 12.4 Å². The molecule has 3 N–H and O–H groups in total. The van der Waals surface area contributed by atoms with Crippen molar-refractivity contribution in [2.75, 3.05) is 11.9 Å². The lowest BCUT2D eigenvalue weighted by Gasteiger charge is -2.44. The molecule has 1 saturated carbocycles. The fourth-order valence-corrected chi connectivity index (χ4v) is 6.74. The van der Waals surface area contributed by atoms with Crippen LogP contribution in [0.15, 0.2) is 61.0 Å². The molecule has 2 aliphatic carbocycles. The van der Waals surface area contributed by atoms with Crippen molar-refractivity contribution in [3.05, 3.63) is 72.4 Å². The molecule has 35 heavy (non-hydrogen) atoms. The van der Waals surface area contributed by atoms with E-state index < -0.39 is 0 Å². The number of amides is 2. The van der Waals surface area contributed by atoms with Crippen molar-refractivity contribution >= 4 is 17.5 Å². The first-order valence-electron chi connectivity index (χ1n) is 13.0. The van der Waals surface area contributed by atoms with Crippen LogP contribution in [-0.2, 0) is 4.79 Å². The summed E-state index contributed by atoms with van der Waals surface area (Å²) in [6.45, 7) is 0.766. The Balaban J connectivity index is 1.27. The zero-order chi connectivity index (χ0) is 23.8. The third kappa shape index (κ3) is 4.07. The molecule has 2 amide bonds. The minimum absolute atomic E-state index is 0.0765. The molecule has 7 heteroatoms. The molecule has 0 bridgehead atoms. The van der Waals surface area contributed by atoms with Crippen LogP contribution in [0.2, 0.25) is 0 Å².